The summed E-state index contributed by atoms with van der Waals surface area (Å²) in [4.78, 5) is 23.4. The molecule has 7 heteroatoms. The van der Waals surface area contributed by atoms with Crippen molar-refractivity contribution in [3.8, 4) is 0 Å². The SMILES string of the molecule is C=C(CC(CF)NC(=O)OC(C)(C)C)C(C)NC(=O)OC(C)(C)C. The van der Waals surface area contributed by atoms with Crippen molar-refractivity contribution in [2.45, 2.75) is 78.2 Å². The van der Waals surface area contributed by atoms with Gasteiger partial charge in [-0.05, 0) is 54.9 Å². The van der Waals surface area contributed by atoms with E-state index in [0.29, 0.717) is 5.57 Å². The number of rotatable bonds is 6. The molecule has 0 spiro atoms. The fraction of sp³-hybridized carbons (Fsp3) is 0.765. The highest BCUT2D eigenvalue weighted by Gasteiger charge is 2.23. The van der Waals surface area contributed by atoms with Gasteiger partial charge >= 0.3 is 12.2 Å². The minimum atomic E-state index is -0.768. The summed E-state index contributed by atoms with van der Waals surface area (Å²) in [5.74, 6) is 0. The van der Waals surface area contributed by atoms with Gasteiger partial charge in [0, 0.05) is 0 Å². The Morgan fingerprint density at radius 2 is 1.42 bits per heavy atom. The third-order valence-corrected chi connectivity index (χ3v) is 2.76. The van der Waals surface area contributed by atoms with Gasteiger partial charge in [-0.15, -0.1) is 0 Å². The van der Waals surface area contributed by atoms with E-state index in [4.69, 9.17) is 9.47 Å². The van der Waals surface area contributed by atoms with E-state index in [1.54, 1.807) is 48.5 Å². The van der Waals surface area contributed by atoms with Gasteiger partial charge in [0.2, 0.25) is 0 Å². The van der Waals surface area contributed by atoms with E-state index in [-0.39, 0.29) is 6.42 Å². The van der Waals surface area contributed by atoms with Gasteiger partial charge in [0.05, 0.1) is 12.1 Å². The van der Waals surface area contributed by atoms with Crippen LogP contribution in [-0.4, -0.2) is 42.1 Å². The summed E-state index contributed by atoms with van der Waals surface area (Å²) in [6, 6.07) is -1.19. The fourth-order valence-corrected chi connectivity index (χ4v) is 1.70. The van der Waals surface area contributed by atoms with E-state index in [1.807, 2.05) is 0 Å². The van der Waals surface area contributed by atoms with Crippen molar-refractivity contribution in [2.24, 2.45) is 0 Å². The van der Waals surface area contributed by atoms with Gasteiger partial charge in [-0.25, -0.2) is 14.0 Å². The number of hydrogen-bond acceptors (Lipinski definition) is 4. The zero-order chi connectivity index (χ0) is 19.1. The predicted molar refractivity (Wildman–Crippen MR) is 91.7 cm³/mol. The van der Waals surface area contributed by atoms with Crippen LogP contribution in [0.15, 0.2) is 12.2 Å². The highest BCUT2D eigenvalue weighted by molar-refractivity contribution is 5.69. The lowest BCUT2D eigenvalue weighted by atomic mass is 10.0. The van der Waals surface area contributed by atoms with Gasteiger partial charge in [-0.1, -0.05) is 12.2 Å². The molecule has 0 aromatic carbocycles. The summed E-state index contributed by atoms with van der Waals surface area (Å²) in [6.07, 6.45) is -1.09. The maximum absolute atomic E-state index is 13.1. The van der Waals surface area contributed by atoms with Crippen LogP contribution in [0.4, 0.5) is 14.0 Å². The quantitative estimate of drug-likeness (QED) is 0.719. The molecule has 0 saturated heterocycles. The van der Waals surface area contributed by atoms with Gasteiger partial charge in [-0.3, -0.25) is 0 Å². The Morgan fingerprint density at radius 3 is 1.79 bits per heavy atom. The van der Waals surface area contributed by atoms with Crippen LogP contribution in [0.2, 0.25) is 0 Å². The molecule has 0 heterocycles. The molecule has 2 atom stereocenters. The fourth-order valence-electron chi connectivity index (χ4n) is 1.70. The topological polar surface area (TPSA) is 76.7 Å². The van der Waals surface area contributed by atoms with Gasteiger partial charge in [0.15, 0.2) is 0 Å². The number of alkyl carbamates (subject to hydrolysis) is 2. The molecule has 0 saturated carbocycles. The Labute approximate surface area is 144 Å². The zero-order valence-corrected chi connectivity index (χ0v) is 15.8. The molecule has 0 bridgehead atoms. The molecule has 2 amide bonds. The molecule has 0 fully saturated rings. The van der Waals surface area contributed by atoms with Crippen molar-refractivity contribution in [1.82, 2.24) is 10.6 Å². The molecule has 0 aromatic heterocycles. The molecular formula is C17H31FN2O4. The molecule has 24 heavy (non-hydrogen) atoms. The first-order chi connectivity index (χ1) is 10.7. The number of halogens is 1. The Bertz CT molecular complexity index is 452. The van der Waals surface area contributed by atoms with Crippen molar-refractivity contribution in [3.05, 3.63) is 12.2 Å². The van der Waals surface area contributed by atoms with Crippen molar-refractivity contribution < 1.29 is 23.5 Å². The van der Waals surface area contributed by atoms with Crippen LogP contribution in [0.25, 0.3) is 0 Å². The van der Waals surface area contributed by atoms with Crippen molar-refractivity contribution in [3.63, 3.8) is 0 Å². The summed E-state index contributed by atoms with van der Waals surface area (Å²) >= 11 is 0. The number of nitrogens with one attached hydrogen (secondary N) is 2. The van der Waals surface area contributed by atoms with Crippen LogP contribution < -0.4 is 10.6 Å². The average Bonchev–Trinajstić information content (AvgIpc) is 2.32. The van der Waals surface area contributed by atoms with Crippen LogP contribution in [0.1, 0.15) is 54.9 Å². The van der Waals surface area contributed by atoms with Gasteiger partial charge in [0.1, 0.15) is 17.9 Å². The Kier molecular flexibility index (Phi) is 8.23. The van der Waals surface area contributed by atoms with E-state index >= 15 is 0 Å². The molecule has 0 aliphatic heterocycles. The molecule has 0 aliphatic carbocycles. The lowest BCUT2D eigenvalue weighted by molar-refractivity contribution is 0.0482. The minimum Gasteiger partial charge on any atom is -0.444 e. The molecule has 140 valence electrons. The summed E-state index contributed by atoms with van der Waals surface area (Å²) < 4.78 is 23.4. The molecule has 0 radical (unpaired) electrons. The Morgan fingerprint density at radius 1 is 1.00 bits per heavy atom. The van der Waals surface area contributed by atoms with Crippen LogP contribution in [-0.2, 0) is 9.47 Å². The molecule has 0 rings (SSSR count). The second kappa shape index (κ2) is 8.89. The zero-order valence-electron chi connectivity index (χ0n) is 15.8. The third kappa shape index (κ3) is 10.9. The minimum absolute atomic E-state index is 0.173. The van der Waals surface area contributed by atoms with Crippen LogP contribution in [0.3, 0.4) is 0 Å². The second-order valence-corrected chi connectivity index (χ2v) is 7.73. The summed E-state index contributed by atoms with van der Waals surface area (Å²) in [7, 11) is 0. The van der Waals surface area contributed by atoms with Gasteiger partial charge < -0.3 is 20.1 Å². The maximum atomic E-state index is 13.1. The molecule has 2 unspecified atom stereocenters. The van der Waals surface area contributed by atoms with Gasteiger partial charge in [-0.2, -0.15) is 0 Å². The van der Waals surface area contributed by atoms with E-state index in [1.165, 1.54) is 0 Å². The second-order valence-electron chi connectivity index (χ2n) is 7.73. The number of amides is 2. The van der Waals surface area contributed by atoms with Crippen molar-refractivity contribution >= 4 is 12.2 Å². The van der Waals surface area contributed by atoms with E-state index in [9.17, 15) is 14.0 Å². The summed E-state index contributed by atoms with van der Waals surface area (Å²) in [5.41, 5.74) is -0.696. The lowest BCUT2D eigenvalue weighted by Crippen LogP contribution is -2.43. The number of alkyl halides is 1. The standard InChI is InChI=1S/C17H31FN2O4/c1-11(12(2)19-14(21)23-16(3,4)5)9-13(10-18)20-15(22)24-17(6,7)8/h12-13H,1,9-10H2,2-8H3,(H,19,21)(H,20,22). The first-order valence-corrected chi connectivity index (χ1v) is 7.96. The summed E-state index contributed by atoms with van der Waals surface area (Å²) in [6.45, 7) is 15.3. The average molecular weight is 346 g/mol. The highest BCUT2D eigenvalue weighted by atomic mass is 19.1. The molecule has 2 N–H and O–H groups in total. The third-order valence-electron chi connectivity index (χ3n) is 2.76. The smallest absolute Gasteiger partial charge is 0.408 e. The highest BCUT2D eigenvalue weighted by Crippen LogP contribution is 2.13. The summed E-state index contributed by atoms with van der Waals surface area (Å²) in [5, 5.41) is 5.09. The Balaban J connectivity index is 4.49. The van der Waals surface area contributed by atoms with Gasteiger partial charge in [0.25, 0.3) is 0 Å². The predicted octanol–water partition coefficient (Wildman–Crippen LogP) is 3.71. The lowest BCUT2D eigenvalue weighted by Gasteiger charge is -2.25. The largest absolute Gasteiger partial charge is 0.444 e. The number of carbonyl (C=O) groups excluding carboxylic acids is 2. The number of carbonyl (C=O) groups is 2. The maximum Gasteiger partial charge on any atom is 0.408 e. The van der Waals surface area contributed by atoms with E-state index < -0.39 is 42.1 Å². The molecular weight excluding hydrogens is 315 g/mol. The Hall–Kier alpha value is -1.79. The van der Waals surface area contributed by atoms with Crippen molar-refractivity contribution in [2.75, 3.05) is 6.67 Å². The molecule has 6 nitrogen and oxygen atoms in total. The van der Waals surface area contributed by atoms with E-state index in [0.717, 1.165) is 0 Å². The van der Waals surface area contributed by atoms with Crippen LogP contribution in [0, 0.1) is 0 Å². The first-order valence-electron chi connectivity index (χ1n) is 7.96. The normalized spacial score (nSPS) is 14.3. The number of ether oxygens (including phenoxy) is 2. The van der Waals surface area contributed by atoms with Crippen LogP contribution >= 0.6 is 0 Å². The van der Waals surface area contributed by atoms with Crippen LogP contribution in [0.5, 0.6) is 0 Å². The monoisotopic (exact) mass is 346 g/mol. The van der Waals surface area contributed by atoms with E-state index in [2.05, 4.69) is 17.2 Å². The molecule has 0 aromatic rings. The van der Waals surface area contributed by atoms with Crippen molar-refractivity contribution in [1.29, 1.82) is 0 Å². The first kappa shape index (κ1) is 22.2. The molecule has 0 aliphatic rings. The number of hydrogen-bond donors (Lipinski definition) is 2.